The topological polar surface area (TPSA) is 102 Å². The van der Waals surface area contributed by atoms with Gasteiger partial charge in [0, 0.05) is 43.3 Å². The summed E-state index contributed by atoms with van der Waals surface area (Å²) < 4.78 is 65.0. The summed E-state index contributed by atoms with van der Waals surface area (Å²) >= 11 is 6.39. The van der Waals surface area contributed by atoms with Gasteiger partial charge in [-0.25, -0.2) is 4.79 Å². The lowest BCUT2D eigenvalue weighted by molar-refractivity contribution is -0.141. The van der Waals surface area contributed by atoms with E-state index in [0.29, 0.717) is 29.4 Å². The first-order valence-electron chi connectivity index (χ1n) is 17.0. The van der Waals surface area contributed by atoms with Crippen LogP contribution in [0.4, 0.5) is 18.0 Å². The predicted molar refractivity (Wildman–Crippen MR) is 186 cm³/mol. The lowest BCUT2D eigenvalue weighted by Crippen LogP contribution is -2.31. The second-order valence-corrected chi connectivity index (χ2v) is 14.0. The molecule has 274 valence electrons. The maximum absolute atomic E-state index is 14.3. The molecule has 51 heavy (non-hydrogen) atoms. The highest BCUT2D eigenvalue weighted by molar-refractivity contribution is 6.32. The van der Waals surface area contributed by atoms with Crippen molar-refractivity contribution < 1.29 is 37.0 Å². The molecule has 0 fully saturated rings. The summed E-state index contributed by atoms with van der Waals surface area (Å²) in [6.07, 6.45) is 2.39. The Morgan fingerprint density at radius 1 is 1.06 bits per heavy atom. The first kappa shape index (κ1) is 37.7. The van der Waals surface area contributed by atoms with Crippen LogP contribution in [0.5, 0.6) is 11.5 Å². The van der Waals surface area contributed by atoms with Gasteiger partial charge in [-0.15, -0.1) is 4.99 Å². The van der Waals surface area contributed by atoms with Gasteiger partial charge in [0.2, 0.25) is 5.62 Å². The number of benzene rings is 2. The molecule has 0 aliphatic carbocycles. The third-order valence-corrected chi connectivity index (χ3v) is 8.63. The summed E-state index contributed by atoms with van der Waals surface area (Å²) in [6, 6.07) is 8.56. The third kappa shape index (κ3) is 9.05. The Bertz CT molecular complexity index is 1970. The number of aryl methyl sites for hydroxylation is 2. The van der Waals surface area contributed by atoms with Crippen molar-refractivity contribution in [1.29, 1.82) is 0 Å². The van der Waals surface area contributed by atoms with Gasteiger partial charge < -0.3 is 23.3 Å². The van der Waals surface area contributed by atoms with Gasteiger partial charge in [-0.2, -0.15) is 18.3 Å². The lowest BCUT2D eigenvalue weighted by atomic mass is 9.86. The van der Waals surface area contributed by atoms with Crippen molar-refractivity contribution in [2.24, 2.45) is 18.0 Å². The minimum atomic E-state index is -4.77. The molecule has 2 aromatic heterocycles. The van der Waals surface area contributed by atoms with Crippen molar-refractivity contribution in [3.63, 3.8) is 0 Å². The van der Waals surface area contributed by atoms with Crippen LogP contribution in [0.1, 0.15) is 81.1 Å². The summed E-state index contributed by atoms with van der Waals surface area (Å²) in [6.45, 7) is 9.72. The number of Topliss-reactive ketones (excluding diaryl/α,β-unsaturated/α-hetero) is 1. The first-order chi connectivity index (χ1) is 24.1. The molecular formula is C37H43ClF3N5O5. The average Bonchev–Trinajstić information content (AvgIpc) is 3.65. The summed E-state index contributed by atoms with van der Waals surface area (Å²) in [5, 5.41) is 4.27. The molecule has 5 rings (SSSR count). The van der Waals surface area contributed by atoms with Crippen LogP contribution >= 0.6 is 11.6 Å². The second kappa shape index (κ2) is 15.4. The predicted octanol–water partition coefficient (Wildman–Crippen LogP) is 8.27. The molecule has 0 saturated heterocycles. The molecule has 2 aromatic carbocycles. The zero-order valence-corrected chi connectivity index (χ0v) is 30.4. The SMILES string of the molecule is CCCCCOc1cc(CC2COc3c(cc(Cn4ccn(C)c4=NC(=O)OC(C)(C)C)cc3-c3cn(CC)nc3C(F)(F)F)C2=O)ccc1Cl. The molecule has 1 aliphatic heterocycles. The van der Waals surface area contributed by atoms with E-state index in [4.69, 9.17) is 25.8 Å². The van der Waals surface area contributed by atoms with E-state index >= 15 is 0 Å². The normalized spacial score (nSPS) is 15.1. The largest absolute Gasteiger partial charge is 0.492 e. The number of fused-ring (bicyclic) bond motifs is 1. The fraction of sp³-hybridized carbons (Fsp3) is 0.459. The number of hydrogen-bond acceptors (Lipinski definition) is 6. The van der Waals surface area contributed by atoms with Crippen molar-refractivity contribution in [3.05, 3.63) is 81.9 Å². The number of alkyl halides is 3. The molecular weight excluding hydrogens is 687 g/mol. The quantitative estimate of drug-likeness (QED) is 0.144. The number of halogens is 4. The number of carbonyl (C=O) groups excluding carboxylic acids is 2. The number of ether oxygens (including phenoxy) is 3. The summed E-state index contributed by atoms with van der Waals surface area (Å²) in [5.74, 6) is -0.307. The van der Waals surface area contributed by atoms with Crippen molar-refractivity contribution >= 4 is 23.5 Å². The van der Waals surface area contributed by atoms with Crippen molar-refractivity contribution in [3.8, 4) is 22.6 Å². The molecule has 4 aromatic rings. The zero-order valence-electron chi connectivity index (χ0n) is 29.6. The van der Waals surface area contributed by atoms with Gasteiger partial charge in [-0.05, 0) is 75.9 Å². The van der Waals surface area contributed by atoms with E-state index in [2.05, 4.69) is 17.0 Å². The maximum atomic E-state index is 14.3. The molecule has 0 saturated carbocycles. The molecule has 1 amide bonds. The van der Waals surface area contributed by atoms with Crippen LogP contribution in [0.25, 0.3) is 11.1 Å². The number of rotatable bonds is 11. The van der Waals surface area contributed by atoms with Crippen molar-refractivity contribution in [1.82, 2.24) is 18.9 Å². The molecule has 1 unspecified atom stereocenters. The van der Waals surface area contributed by atoms with Gasteiger partial charge in [0.1, 0.15) is 17.1 Å². The molecule has 1 aliphatic rings. The van der Waals surface area contributed by atoms with Gasteiger partial charge in [0.25, 0.3) is 0 Å². The lowest BCUT2D eigenvalue weighted by Gasteiger charge is -2.27. The number of aromatic nitrogens is 4. The van der Waals surface area contributed by atoms with Crippen LogP contribution in [0, 0.1) is 5.92 Å². The highest BCUT2D eigenvalue weighted by Gasteiger charge is 2.40. The number of nitrogens with zero attached hydrogens (tertiary/aromatic N) is 5. The number of hydrogen-bond donors (Lipinski definition) is 0. The number of imidazole rings is 1. The summed E-state index contributed by atoms with van der Waals surface area (Å²) in [4.78, 5) is 31.0. The van der Waals surface area contributed by atoms with E-state index < -0.39 is 29.5 Å². The van der Waals surface area contributed by atoms with E-state index in [-0.39, 0.29) is 53.5 Å². The third-order valence-electron chi connectivity index (χ3n) is 8.32. The average molecular weight is 730 g/mol. The minimum absolute atomic E-state index is 0.0386. The molecule has 0 N–H and O–H groups in total. The monoisotopic (exact) mass is 729 g/mol. The van der Waals surface area contributed by atoms with Gasteiger partial charge >= 0.3 is 12.3 Å². The number of amides is 1. The highest BCUT2D eigenvalue weighted by Crippen LogP contribution is 2.44. The van der Waals surface area contributed by atoms with Gasteiger partial charge in [0.05, 0.1) is 36.3 Å². The number of carbonyl (C=O) groups is 2. The standard InChI is InChI=1S/C37H43ClF3N5O5/c1-7-9-10-15-49-30-19-23(11-12-29(30)38)16-25-22-50-32-26(28-21-46(8-2)43-33(28)37(39,40)41)17-24(18-27(32)31(25)47)20-45-14-13-44(6)34(45)42-35(48)51-36(3,4)5/h11-14,17-19,21,25H,7-10,15-16,20,22H2,1-6H3. The number of ketones is 1. The Hall–Kier alpha value is -4.52. The Labute approximate surface area is 299 Å². The Morgan fingerprint density at radius 3 is 2.49 bits per heavy atom. The Balaban J connectivity index is 1.56. The van der Waals surface area contributed by atoms with Crippen molar-refractivity contribution in [2.75, 3.05) is 13.2 Å². The molecule has 14 heteroatoms. The Kier molecular flexibility index (Phi) is 11.4. The van der Waals surface area contributed by atoms with Crippen molar-refractivity contribution in [2.45, 2.75) is 85.2 Å². The van der Waals surface area contributed by atoms with E-state index in [0.717, 1.165) is 24.8 Å². The Morgan fingerprint density at radius 2 is 1.80 bits per heavy atom. The molecule has 0 spiro atoms. The zero-order chi connectivity index (χ0) is 37.1. The summed E-state index contributed by atoms with van der Waals surface area (Å²) in [5.41, 5.74) is -0.256. The van der Waals surface area contributed by atoms with E-state index in [1.54, 1.807) is 74.5 Å². The highest BCUT2D eigenvalue weighted by atomic mass is 35.5. The summed E-state index contributed by atoms with van der Waals surface area (Å²) in [7, 11) is 1.70. The van der Waals surface area contributed by atoms with Crippen LogP contribution in [0.15, 0.2) is 53.9 Å². The van der Waals surface area contributed by atoms with Gasteiger partial charge in [-0.1, -0.05) is 37.4 Å². The van der Waals surface area contributed by atoms with E-state index in [9.17, 15) is 22.8 Å². The molecule has 0 radical (unpaired) electrons. The van der Waals surface area contributed by atoms with Crippen LogP contribution in [-0.4, -0.2) is 49.6 Å². The van der Waals surface area contributed by atoms with Gasteiger partial charge in [0.15, 0.2) is 11.5 Å². The fourth-order valence-corrected chi connectivity index (χ4v) is 6.06. The van der Waals surface area contributed by atoms with Gasteiger partial charge in [-0.3, -0.25) is 9.48 Å². The first-order valence-corrected chi connectivity index (χ1v) is 17.3. The van der Waals surface area contributed by atoms with E-state index in [1.165, 1.54) is 10.9 Å². The number of unbranched alkanes of at least 4 members (excludes halogenated alkanes) is 2. The molecule has 0 bridgehead atoms. The van der Waals surface area contributed by atoms with Crippen LogP contribution in [0.3, 0.4) is 0 Å². The van der Waals surface area contributed by atoms with E-state index in [1.807, 2.05) is 12.1 Å². The fourth-order valence-electron chi connectivity index (χ4n) is 5.89. The maximum Gasteiger partial charge on any atom is 0.437 e. The van der Waals surface area contributed by atoms with Crippen LogP contribution in [0.2, 0.25) is 5.02 Å². The smallest absolute Gasteiger partial charge is 0.437 e. The second-order valence-electron chi connectivity index (χ2n) is 13.6. The minimum Gasteiger partial charge on any atom is -0.492 e. The van der Waals surface area contributed by atoms with Crippen LogP contribution < -0.4 is 15.1 Å². The molecule has 1 atom stereocenters. The van der Waals surface area contributed by atoms with Crippen LogP contribution in [-0.2, 0) is 37.5 Å². The molecule has 3 heterocycles. The molecule has 10 nitrogen and oxygen atoms in total.